The van der Waals surface area contributed by atoms with Crippen LogP contribution in [0.5, 0.6) is 0 Å². The molecule has 0 radical (unpaired) electrons. The summed E-state index contributed by atoms with van der Waals surface area (Å²) in [5.41, 5.74) is 2.97. The van der Waals surface area contributed by atoms with Gasteiger partial charge in [-0.15, -0.1) is 0 Å². The minimum absolute atomic E-state index is 0.0144. The number of nitrogens with zero attached hydrogens (tertiary/aromatic N) is 5. The lowest BCUT2D eigenvalue weighted by Gasteiger charge is -2.43. The Morgan fingerprint density at radius 2 is 1.59 bits per heavy atom. The van der Waals surface area contributed by atoms with Gasteiger partial charge in [-0.05, 0) is 69.8 Å². The molecular weight excluding hydrogens is 464 g/mol. The summed E-state index contributed by atoms with van der Waals surface area (Å²) in [6.07, 6.45) is 3.97. The van der Waals surface area contributed by atoms with Crippen molar-refractivity contribution in [3.05, 3.63) is 53.7 Å². The van der Waals surface area contributed by atoms with Gasteiger partial charge in [0.25, 0.3) is 0 Å². The first-order valence-corrected chi connectivity index (χ1v) is 13.8. The standard InChI is InChI=1S/C29H40N6O2/c1-22-7-3-4-10-26(22)31-29(37)34-15-12-25(13-16-34)35-14-6-9-24(21-35)28(36)33-19-17-32(18-20-33)27-11-5-8-23(2)30-27/h3-5,7-8,10-11,24-25H,6,9,12-21H2,1-2H3,(H,31,37). The van der Waals surface area contributed by atoms with Crippen LogP contribution in [0.25, 0.3) is 0 Å². The Balaban J connectivity index is 1.09. The molecule has 0 spiro atoms. The number of urea groups is 1. The molecule has 1 atom stereocenters. The van der Waals surface area contributed by atoms with E-state index in [1.165, 1.54) is 0 Å². The Kier molecular flexibility index (Phi) is 7.93. The number of aryl methyl sites for hydroxylation is 2. The van der Waals surface area contributed by atoms with E-state index in [-0.39, 0.29) is 11.9 Å². The zero-order chi connectivity index (χ0) is 25.8. The highest BCUT2D eigenvalue weighted by Crippen LogP contribution is 2.26. The number of nitrogens with one attached hydrogen (secondary N) is 1. The van der Waals surface area contributed by atoms with Crippen molar-refractivity contribution in [3.8, 4) is 0 Å². The van der Waals surface area contributed by atoms with Gasteiger partial charge in [0, 0.05) is 63.2 Å². The van der Waals surface area contributed by atoms with Gasteiger partial charge in [-0.3, -0.25) is 9.69 Å². The maximum absolute atomic E-state index is 13.4. The van der Waals surface area contributed by atoms with E-state index in [9.17, 15) is 9.59 Å². The molecule has 1 unspecified atom stereocenters. The van der Waals surface area contributed by atoms with E-state index in [4.69, 9.17) is 0 Å². The molecule has 1 aromatic heterocycles. The highest BCUT2D eigenvalue weighted by atomic mass is 16.2. The minimum atomic E-state index is -0.0144. The van der Waals surface area contributed by atoms with E-state index < -0.39 is 0 Å². The van der Waals surface area contributed by atoms with E-state index in [1.807, 2.05) is 55.1 Å². The molecule has 4 heterocycles. The third kappa shape index (κ3) is 6.06. The van der Waals surface area contributed by atoms with E-state index in [0.29, 0.717) is 11.9 Å². The quantitative estimate of drug-likeness (QED) is 0.687. The first-order chi connectivity index (χ1) is 18.0. The van der Waals surface area contributed by atoms with Crippen molar-refractivity contribution in [2.45, 2.75) is 45.6 Å². The second-order valence-electron chi connectivity index (χ2n) is 10.7. The van der Waals surface area contributed by atoms with Crippen LogP contribution < -0.4 is 10.2 Å². The number of carbonyl (C=O) groups is 2. The van der Waals surface area contributed by atoms with Crippen LogP contribution >= 0.6 is 0 Å². The first-order valence-electron chi connectivity index (χ1n) is 13.8. The lowest BCUT2D eigenvalue weighted by molar-refractivity contribution is -0.138. The molecule has 0 saturated carbocycles. The van der Waals surface area contributed by atoms with Gasteiger partial charge >= 0.3 is 6.03 Å². The van der Waals surface area contributed by atoms with Gasteiger partial charge in [0.15, 0.2) is 0 Å². The van der Waals surface area contributed by atoms with Crippen molar-refractivity contribution >= 4 is 23.4 Å². The summed E-state index contributed by atoms with van der Waals surface area (Å²) >= 11 is 0. The number of piperazine rings is 1. The monoisotopic (exact) mass is 504 g/mol. The highest BCUT2D eigenvalue weighted by molar-refractivity contribution is 5.90. The average molecular weight is 505 g/mol. The van der Waals surface area contributed by atoms with Crippen LogP contribution in [0.2, 0.25) is 0 Å². The van der Waals surface area contributed by atoms with Crippen molar-refractivity contribution in [1.29, 1.82) is 0 Å². The predicted octanol–water partition coefficient (Wildman–Crippen LogP) is 3.76. The van der Waals surface area contributed by atoms with Crippen molar-refractivity contribution in [2.24, 2.45) is 5.92 Å². The maximum atomic E-state index is 13.4. The van der Waals surface area contributed by atoms with Gasteiger partial charge < -0.3 is 20.0 Å². The number of amides is 3. The molecule has 5 rings (SSSR count). The zero-order valence-corrected chi connectivity index (χ0v) is 22.2. The molecule has 3 aliphatic heterocycles. The maximum Gasteiger partial charge on any atom is 0.321 e. The van der Waals surface area contributed by atoms with Crippen LogP contribution in [0.3, 0.4) is 0 Å². The second kappa shape index (κ2) is 11.5. The average Bonchev–Trinajstić information content (AvgIpc) is 2.94. The third-order valence-corrected chi connectivity index (χ3v) is 8.25. The second-order valence-corrected chi connectivity index (χ2v) is 10.7. The normalized spacial score (nSPS) is 21.7. The number of anilines is 2. The summed E-state index contributed by atoms with van der Waals surface area (Å²) in [6, 6.07) is 14.4. The molecule has 8 nitrogen and oxygen atoms in total. The van der Waals surface area contributed by atoms with Gasteiger partial charge in [-0.2, -0.15) is 0 Å². The number of para-hydroxylation sites is 1. The van der Waals surface area contributed by atoms with E-state index in [0.717, 1.165) is 101 Å². The molecule has 37 heavy (non-hydrogen) atoms. The van der Waals surface area contributed by atoms with Gasteiger partial charge in [-0.25, -0.2) is 9.78 Å². The summed E-state index contributed by atoms with van der Waals surface area (Å²) in [6.45, 7) is 10.6. The Bertz CT molecular complexity index is 1090. The topological polar surface area (TPSA) is 72.0 Å². The fraction of sp³-hybridized carbons (Fsp3) is 0.552. The first kappa shape index (κ1) is 25.5. The van der Waals surface area contributed by atoms with Gasteiger partial charge in [0.1, 0.15) is 5.82 Å². The predicted molar refractivity (Wildman–Crippen MR) is 147 cm³/mol. The molecule has 8 heteroatoms. The largest absolute Gasteiger partial charge is 0.353 e. The number of benzene rings is 1. The molecule has 1 aromatic carbocycles. The Morgan fingerprint density at radius 3 is 2.32 bits per heavy atom. The molecule has 1 N–H and O–H groups in total. The molecular formula is C29H40N6O2. The van der Waals surface area contributed by atoms with E-state index in [2.05, 4.69) is 31.1 Å². The van der Waals surface area contributed by atoms with Gasteiger partial charge in [-0.1, -0.05) is 24.3 Å². The molecule has 3 fully saturated rings. The molecule has 198 valence electrons. The van der Waals surface area contributed by atoms with Crippen LogP contribution in [0.4, 0.5) is 16.3 Å². The summed E-state index contributed by atoms with van der Waals surface area (Å²) in [5, 5.41) is 3.06. The molecule has 2 aromatic rings. The van der Waals surface area contributed by atoms with Crippen LogP contribution in [-0.4, -0.2) is 90.0 Å². The fourth-order valence-corrected chi connectivity index (χ4v) is 6.00. The Labute approximate surface area is 220 Å². The molecule has 0 bridgehead atoms. The molecule has 0 aliphatic carbocycles. The lowest BCUT2D eigenvalue weighted by Crippen LogP contribution is -2.55. The van der Waals surface area contributed by atoms with Crippen LogP contribution in [0.1, 0.15) is 36.9 Å². The van der Waals surface area contributed by atoms with E-state index >= 15 is 0 Å². The van der Waals surface area contributed by atoms with Crippen LogP contribution in [-0.2, 0) is 4.79 Å². The molecule has 3 saturated heterocycles. The molecule has 3 amide bonds. The summed E-state index contributed by atoms with van der Waals surface area (Å²) in [5.74, 6) is 1.41. The number of hydrogen-bond donors (Lipinski definition) is 1. The van der Waals surface area contributed by atoms with Crippen LogP contribution in [0.15, 0.2) is 42.5 Å². The molecule has 3 aliphatic rings. The zero-order valence-electron chi connectivity index (χ0n) is 22.2. The van der Waals surface area contributed by atoms with Crippen LogP contribution in [0, 0.1) is 19.8 Å². The number of likely N-dealkylation sites (tertiary alicyclic amines) is 2. The summed E-state index contributed by atoms with van der Waals surface area (Å²) in [7, 11) is 0. The minimum Gasteiger partial charge on any atom is -0.353 e. The Hall–Kier alpha value is -3.13. The van der Waals surface area contributed by atoms with Gasteiger partial charge in [0.2, 0.25) is 5.91 Å². The fourth-order valence-electron chi connectivity index (χ4n) is 6.00. The number of hydrogen-bond acceptors (Lipinski definition) is 5. The summed E-state index contributed by atoms with van der Waals surface area (Å²) < 4.78 is 0. The van der Waals surface area contributed by atoms with Crippen molar-refractivity contribution in [2.75, 3.05) is 62.6 Å². The lowest BCUT2D eigenvalue weighted by atomic mass is 9.92. The SMILES string of the molecule is Cc1cccc(N2CCN(C(=O)C3CCCN(C4CCN(C(=O)Nc5ccccc5C)CC4)C3)CC2)n1. The van der Waals surface area contributed by atoms with Crippen molar-refractivity contribution in [3.63, 3.8) is 0 Å². The smallest absolute Gasteiger partial charge is 0.321 e. The van der Waals surface area contributed by atoms with E-state index in [1.54, 1.807) is 0 Å². The number of rotatable bonds is 4. The number of carbonyl (C=O) groups excluding carboxylic acids is 2. The van der Waals surface area contributed by atoms with Crippen molar-refractivity contribution in [1.82, 2.24) is 19.7 Å². The summed E-state index contributed by atoms with van der Waals surface area (Å²) in [4.78, 5) is 39.7. The third-order valence-electron chi connectivity index (χ3n) is 8.25. The highest BCUT2D eigenvalue weighted by Gasteiger charge is 2.35. The Morgan fingerprint density at radius 1 is 0.838 bits per heavy atom. The van der Waals surface area contributed by atoms with Gasteiger partial charge in [0.05, 0.1) is 5.92 Å². The number of pyridine rings is 1. The number of aromatic nitrogens is 1. The number of piperidine rings is 2. The van der Waals surface area contributed by atoms with Crippen molar-refractivity contribution < 1.29 is 9.59 Å².